The molecule has 35 heavy (non-hydrogen) atoms. The maximum absolute atomic E-state index is 15.0. The topological polar surface area (TPSA) is 101 Å². The van der Waals surface area contributed by atoms with E-state index >= 15 is 4.39 Å². The molecule has 0 amide bonds. The lowest BCUT2D eigenvalue weighted by molar-refractivity contribution is -0.148. The summed E-state index contributed by atoms with van der Waals surface area (Å²) in [6.07, 6.45) is 0.963. The minimum absolute atomic E-state index is 0.0231. The molecule has 3 rings (SSSR count). The second kappa shape index (κ2) is 10.6. The van der Waals surface area contributed by atoms with Gasteiger partial charge in [-0.1, -0.05) is 12.1 Å². The van der Waals surface area contributed by atoms with Crippen LogP contribution in [-0.4, -0.2) is 60.9 Å². The Balaban J connectivity index is 1.89. The Labute approximate surface area is 206 Å². The summed E-state index contributed by atoms with van der Waals surface area (Å²) in [5.74, 6) is -1.07. The van der Waals surface area contributed by atoms with Crippen molar-refractivity contribution in [3.63, 3.8) is 0 Å². The monoisotopic (exact) mass is 526 g/mol. The van der Waals surface area contributed by atoms with Gasteiger partial charge in [-0.25, -0.2) is 25.5 Å². The largest absolute Gasteiger partial charge is 0.466 e. The minimum atomic E-state index is -3.96. The van der Waals surface area contributed by atoms with Crippen molar-refractivity contribution in [3.05, 3.63) is 53.8 Å². The summed E-state index contributed by atoms with van der Waals surface area (Å²) >= 11 is 0. The van der Waals surface area contributed by atoms with Gasteiger partial charge in [0.05, 0.1) is 33.3 Å². The quantitative estimate of drug-likeness (QED) is 0.486. The van der Waals surface area contributed by atoms with Gasteiger partial charge in [0.1, 0.15) is 5.82 Å². The zero-order chi connectivity index (χ0) is 26.0. The van der Waals surface area contributed by atoms with Crippen LogP contribution in [0.15, 0.2) is 52.3 Å². The fraction of sp³-hybridized carbons (Fsp3) is 0.458. The van der Waals surface area contributed by atoms with Crippen molar-refractivity contribution < 1.29 is 30.8 Å². The van der Waals surface area contributed by atoms with Crippen molar-refractivity contribution in [2.24, 2.45) is 5.92 Å². The van der Waals surface area contributed by atoms with Gasteiger partial charge in [-0.15, -0.1) is 0 Å². The van der Waals surface area contributed by atoms with E-state index in [0.29, 0.717) is 38.1 Å². The Bertz CT molecular complexity index is 1270. The molecule has 8 nitrogen and oxygen atoms in total. The van der Waals surface area contributed by atoms with Gasteiger partial charge in [0.25, 0.3) is 0 Å². The van der Waals surface area contributed by atoms with Gasteiger partial charge in [0.15, 0.2) is 9.84 Å². The molecule has 1 atom stereocenters. The van der Waals surface area contributed by atoms with E-state index in [0.717, 1.165) is 4.31 Å². The SMILES string of the molecule is CCOC(=O)C1CCN(c2c(F)cccc2C(C)S(=O)(=O)c2ccc(S(=O)(=O)N(C)C)cc2)CC1. The Morgan fingerprint density at radius 1 is 1.06 bits per heavy atom. The third kappa shape index (κ3) is 5.52. The maximum Gasteiger partial charge on any atom is 0.309 e. The van der Waals surface area contributed by atoms with E-state index in [2.05, 4.69) is 0 Å². The molecule has 11 heteroatoms. The van der Waals surface area contributed by atoms with Crippen molar-refractivity contribution in [1.29, 1.82) is 0 Å². The maximum atomic E-state index is 15.0. The summed E-state index contributed by atoms with van der Waals surface area (Å²) in [7, 11) is -4.88. The van der Waals surface area contributed by atoms with Crippen LogP contribution in [0.3, 0.4) is 0 Å². The molecular weight excluding hydrogens is 495 g/mol. The summed E-state index contributed by atoms with van der Waals surface area (Å²) in [6.45, 7) is 4.31. The normalized spacial score (nSPS) is 16.3. The van der Waals surface area contributed by atoms with Gasteiger partial charge in [0, 0.05) is 27.2 Å². The van der Waals surface area contributed by atoms with E-state index < -0.39 is 30.9 Å². The highest BCUT2D eigenvalue weighted by Crippen LogP contribution is 2.38. The van der Waals surface area contributed by atoms with Gasteiger partial charge in [-0.05, 0) is 62.6 Å². The number of benzene rings is 2. The molecule has 0 spiro atoms. The van der Waals surface area contributed by atoms with Crippen LogP contribution in [-0.2, 0) is 29.4 Å². The predicted molar refractivity (Wildman–Crippen MR) is 131 cm³/mol. The summed E-state index contributed by atoms with van der Waals surface area (Å²) < 4.78 is 72.6. The van der Waals surface area contributed by atoms with Gasteiger partial charge < -0.3 is 9.64 Å². The van der Waals surface area contributed by atoms with E-state index in [1.165, 1.54) is 57.4 Å². The first-order chi connectivity index (χ1) is 16.4. The Morgan fingerprint density at radius 2 is 1.63 bits per heavy atom. The lowest BCUT2D eigenvalue weighted by atomic mass is 9.95. The first kappa shape index (κ1) is 27.1. The van der Waals surface area contributed by atoms with Crippen molar-refractivity contribution in [2.75, 3.05) is 38.7 Å². The molecule has 0 aromatic heterocycles. The van der Waals surface area contributed by atoms with Crippen LogP contribution >= 0.6 is 0 Å². The standard InChI is InChI=1S/C24H31FN2O6S2/c1-5-33-24(28)18-13-15-27(16-14-18)23-21(7-6-8-22(23)25)17(2)34(29,30)19-9-11-20(12-10-19)35(31,32)26(3)4/h6-12,17-18H,5,13-16H2,1-4H3. The van der Waals surface area contributed by atoms with Crippen LogP contribution in [0.5, 0.6) is 0 Å². The van der Waals surface area contributed by atoms with Crippen molar-refractivity contribution in [2.45, 2.75) is 41.7 Å². The van der Waals surface area contributed by atoms with Gasteiger partial charge in [-0.3, -0.25) is 4.79 Å². The number of carbonyl (C=O) groups is 1. The van der Waals surface area contributed by atoms with Crippen LogP contribution < -0.4 is 4.90 Å². The number of carbonyl (C=O) groups excluding carboxylic acids is 1. The third-order valence-corrected chi connectivity index (χ3v) is 10.2. The number of sulfonamides is 1. The smallest absolute Gasteiger partial charge is 0.309 e. The Kier molecular flexibility index (Phi) is 8.23. The molecule has 2 aromatic carbocycles. The number of sulfone groups is 1. The number of anilines is 1. The fourth-order valence-corrected chi connectivity index (χ4v) is 6.53. The van der Waals surface area contributed by atoms with Crippen LogP contribution in [0, 0.1) is 11.7 Å². The zero-order valence-corrected chi connectivity index (χ0v) is 21.9. The second-order valence-electron chi connectivity index (χ2n) is 8.64. The van der Waals surface area contributed by atoms with Crippen molar-refractivity contribution in [3.8, 4) is 0 Å². The molecule has 1 aliphatic rings. The van der Waals surface area contributed by atoms with Crippen LogP contribution in [0.4, 0.5) is 10.1 Å². The second-order valence-corrected chi connectivity index (χ2v) is 13.1. The zero-order valence-electron chi connectivity index (χ0n) is 20.3. The molecule has 192 valence electrons. The van der Waals surface area contributed by atoms with Crippen molar-refractivity contribution in [1.82, 2.24) is 4.31 Å². The summed E-state index contributed by atoms with van der Waals surface area (Å²) in [4.78, 5) is 13.8. The molecular formula is C24H31FN2O6S2. The molecule has 1 fully saturated rings. The number of piperidine rings is 1. The number of rotatable bonds is 8. The summed E-state index contributed by atoms with van der Waals surface area (Å²) in [6, 6.07) is 9.36. The number of para-hydroxylation sites is 1. The lowest BCUT2D eigenvalue weighted by Gasteiger charge is -2.34. The van der Waals surface area contributed by atoms with Gasteiger partial charge >= 0.3 is 5.97 Å². The molecule has 1 unspecified atom stereocenters. The highest BCUT2D eigenvalue weighted by molar-refractivity contribution is 7.91. The average molecular weight is 527 g/mol. The highest BCUT2D eigenvalue weighted by Gasteiger charge is 2.33. The molecule has 0 saturated carbocycles. The van der Waals surface area contributed by atoms with E-state index in [1.807, 2.05) is 0 Å². The molecule has 0 radical (unpaired) electrons. The van der Waals surface area contributed by atoms with E-state index in [-0.39, 0.29) is 27.4 Å². The number of esters is 1. The fourth-order valence-electron chi connectivity index (χ4n) is 4.18. The lowest BCUT2D eigenvalue weighted by Crippen LogP contribution is -2.38. The molecule has 1 aliphatic heterocycles. The number of hydrogen-bond donors (Lipinski definition) is 0. The average Bonchev–Trinajstić information content (AvgIpc) is 2.83. The van der Waals surface area contributed by atoms with E-state index in [4.69, 9.17) is 4.74 Å². The third-order valence-electron chi connectivity index (χ3n) is 6.28. The predicted octanol–water partition coefficient (Wildman–Crippen LogP) is 3.39. The van der Waals surface area contributed by atoms with Gasteiger partial charge in [0.2, 0.25) is 10.0 Å². The van der Waals surface area contributed by atoms with E-state index in [1.54, 1.807) is 17.9 Å². The highest BCUT2D eigenvalue weighted by atomic mass is 32.2. The molecule has 0 bridgehead atoms. The molecule has 2 aromatic rings. The van der Waals surface area contributed by atoms with Crippen molar-refractivity contribution >= 4 is 31.5 Å². The first-order valence-corrected chi connectivity index (χ1v) is 14.4. The summed E-state index contributed by atoms with van der Waals surface area (Å²) in [5, 5.41) is -1.09. The van der Waals surface area contributed by atoms with Crippen LogP contribution in [0.2, 0.25) is 0 Å². The minimum Gasteiger partial charge on any atom is -0.466 e. The van der Waals surface area contributed by atoms with Crippen LogP contribution in [0.1, 0.15) is 37.5 Å². The Hall–Kier alpha value is -2.50. The van der Waals surface area contributed by atoms with Gasteiger partial charge in [-0.2, -0.15) is 0 Å². The van der Waals surface area contributed by atoms with E-state index in [9.17, 15) is 21.6 Å². The Morgan fingerprint density at radius 3 is 2.17 bits per heavy atom. The molecule has 1 heterocycles. The first-order valence-electron chi connectivity index (χ1n) is 11.4. The number of hydrogen-bond acceptors (Lipinski definition) is 7. The van der Waals surface area contributed by atoms with Crippen LogP contribution in [0.25, 0.3) is 0 Å². The summed E-state index contributed by atoms with van der Waals surface area (Å²) in [5.41, 5.74) is 0.516. The molecule has 0 aliphatic carbocycles. The molecule has 1 saturated heterocycles. The number of nitrogens with zero attached hydrogens (tertiary/aromatic N) is 2. The number of halogens is 1. The number of ether oxygens (including phenoxy) is 1. The molecule has 0 N–H and O–H groups in total.